The highest BCUT2D eigenvalue weighted by molar-refractivity contribution is 5.75. The zero-order chi connectivity index (χ0) is 9.84. The molecule has 1 aliphatic rings. The lowest BCUT2D eigenvalue weighted by molar-refractivity contribution is -0.128. The number of aliphatic hydroxyl groups is 1. The van der Waals surface area contributed by atoms with Crippen LogP contribution >= 0.6 is 0 Å². The number of hydrogen-bond donors (Lipinski definition) is 1. The average molecular weight is 186 g/mol. The monoisotopic (exact) mass is 186 g/mol. The number of nitrogens with zero attached hydrogens (tertiary/aromatic N) is 2. The highest BCUT2D eigenvalue weighted by Crippen LogP contribution is 2.08. The molecule has 1 aliphatic heterocycles. The summed E-state index contributed by atoms with van der Waals surface area (Å²) in [7, 11) is 3.55. The molecule has 0 spiro atoms. The maximum Gasteiger partial charge on any atom is 0.222 e. The maximum absolute atomic E-state index is 11.2. The van der Waals surface area contributed by atoms with Crippen LogP contribution in [0.15, 0.2) is 0 Å². The third kappa shape index (κ3) is 3.32. The molecular weight excluding hydrogens is 168 g/mol. The first-order chi connectivity index (χ1) is 6.09. The molecule has 0 unspecified atom stereocenters. The fraction of sp³-hybridized carbons (Fsp3) is 0.889. The zero-order valence-electron chi connectivity index (χ0n) is 8.36. The lowest BCUT2D eigenvalue weighted by Crippen LogP contribution is -2.50. The lowest BCUT2D eigenvalue weighted by atomic mass is 10.1. The Morgan fingerprint density at radius 3 is 2.62 bits per heavy atom. The molecule has 13 heavy (non-hydrogen) atoms. The molecule has 0 saturated carbocycles. The molecule has 0 aromatic carbocycles. The Balaban J connectivity index is 1.98. The molecule has 4 nitrogen and oxygen atoms in total. The van der Waals surface area contributed by atoms with Crippen molar-refractivity contribution in [3.05, 3.63) is 0 Å². The molecule has 0 aromatic heterocycles. The Morgan fingerprint density at radius 2 is 2.15 bits per heavy atom. The number of amides is 1. The minimum atomic E-state index is -0.135. The van der Waals surface area contributed by atoms with Gasteiger partial charge in [-0.15, -0.1) is 0 Å². The third-order valence-corrected chi connectivity index (χ3v) is 2.30. The summed E-state index contributed by atoms with van der Waals surface area (Å²) >= 11 is 0. The van der Waals surface area contributed by atoms with E-state index in [1.54, 1.807) is 19.0 Å². The van der Waals surface area contributed by atoms with Gasteiger partial charge in [0.15, 0.2) is 0 Å². The molecule has 1 heterocycles. The van der Waals surface area contributed by atoms with Crippen LogP contribution < -0.4 is 0 Å². The Bertz CT molecular complexity index is 176. The topological polar surface area (TPSA) is 43.8 Å². The van der Waals surface area contributed by atoms with E-state index in [2.05, 4.69) is 4.90 Å². The van der Waals surface area contributed by atoms with Crippen LogP contribution in [0.25, 0.3) is 0 Å². The van der Waals surface area contributed by atoms with Crippen molar-refractivity contribution in [2.75, 3.05) is 33.7 Å². The van der Waals surface area contributed by atoms with E-state index in [-0.39, 0.29) is 12.0 Å². The van der Waals surface area contributed by atoms with E-state index in [4.69, 9.17) is 5.11 Å². The smallest absolute Gasteiger partial charge is 0.222 e. The van der Waals surface area contributed by atoms with Crippen molar-refractivity contribution in [3.63, 3.8) is 0 Å². The predicted octanol–water partition coefficient (Wildman–Crippen LogP) is -0.469. The van der Waals surface area contributed by atoms with Gasteiger partial charge in [0.05, 0.1) is 6.10 Å². The zero-order valence-corrected chi connectivity index (χ0v) is 8.36. The first-order valence-corrected chi connectivity index (χ1v) is 4.70. The summed E-state index contributed by atoms with van der Waals surface area (Å²) in [4.78, 5) is 14.9. The van der Waals surface area contributed by atoms with Gasteiger partial charge in [-0.25, -0.2) is 0 Å². The summed E-state index contributed by atoms with van der Waals surface area (Å²) < 4.78 is 0. The van der Waals surface area contributed by atoms with Crippen LogP contribution in [-0.4, -0.2) is 60.6 Å². The second-order valence-electron chi connectivity index (χ2n) is 3.81. The van der Waals surface area contributed by atoms with Gasteiger partial charge in [0.2, 0.25) is 5.91 Å². The van der Waals surface area contributed by atoms with E-state index < -0.39 is 0 Å². The van der Waals surface area contributed by atoms with Crippen molar-refractivity contribution in [2.24, 2.45) is 0 Å². The van der Waals surface area contributed by atoms with Crippen molar-refractivity contribution in [3.8, 4) is 0 Å². The summed E-state index contributed by atoms with van der Waals surface area (Å²) in [6, 6.07) is 0. The van der Waals surface area contributed by atoms with Crippen molar-refractivity contribution in [1.82, 2.24) is 9.80 Å². The Kier molecular flexibility index (Phi) is 3.69. The molecule has 0 atom stereocenters. The molecule has 76 valence electrons. The molecule has 1 fully saturated rings. The van der Waals surface area contributed by atoms with Crippen molar-refractivity contribution in [2.45, 2.75) is 18.9 Å². The lowest BCUT2D eigenvalue weighted by Gasteiger charge is -2.35. The van der Waals surface area contributed by atoms with E-state index in [1.165, 1.54) is 0 Å². The molecule has 1 rings (SSSR count). The van der Waals surface area contributed by atoms with Crippen LogP contribution in [0.2, 0.25) is 0 Å². The van der Waals surface area contributed by atoms with E-state index >= 15 is 0 Å². The van der Waals surface area contributed by atoms with Crippen LogP contribution in [0.4, 0.5) is 0 Å². The van der Waals surface area contributed by atoms with E-state index in [0.29, 0.717) is 6.42 Å². The Labute approximate surface area is 79.1 Å². The van der Waals surface area contributed by atoms with Crippen LogP contribution in [0.5, 0.6) is 0 Å². The molecule has 1 amide bonds. The van der Waals surface area contributed by atoms with Crippen LogP contribution in [0.1, 0.15) is 12.8 Å². The second-order valence-corrected chi connectivity index (χ2v) is 3.81. The minimum Gasteiger partial charge on any atom is -0.390 e. The second kappa shape index (κ2) is 4.58. The molecule has 0 radical (unpaired) electrons. The third-order valence-electron chi connectivity index (χ3n) is 2.30. The first kappa shape index (κ1) is 10.5. The van der Waals surface area contributed by atoms with Gasteiger partial charge in [0, 0.05) is 33.6 Å². The number of β-amino-alcohol motifs (C(OH)–C–C–N with tert-alkyl or cyclic N) is 1. The number of carbonyl (C=O) groups is 1. The standard InChI is InChI=1S/C9H18N2O2/c1-10(2)9(13)4-3-5-11-6-8(12)7-11/h8,12H,3-7H2,1-2H3. The quantitative estimate of drug-likeness (QED) is 0.645. The molecule has 4 heteroatoms. The first-order valence-electron chi connectivity index (χ1n) is 4.70. The van der Waals surface area contributed by atoms with Gasteiger partial charge in [0.1, 0.15) is 0 Å². The summed E-state index contributed by atoms with van der Waals surface area (Å²) in [6.07, 6.45) is 1.37. The molecule has 0 aliphatic carbocycles. The number of hydrogen-bond acceptors (Lipinski definition) is 3. The molecule has 0 bridgehead atoms. The van der Waals surface area contributed by atoms with Crippen molar-refractivity contribution >= 4 is 5.91 Å². The van der Waals surface area contributed by atoms with Gasteiger partial charge >= 0.3 is 0 Å². The van der Waals surface area contributed by atoms with Gasteiger partial charge in [0.25, 0.3) is 0 Å². The molecule has 1 N–H and O–H groups in total. The van der Waals surface area contributed by atoms with Gasteiger partial charge < -0.3 is 10.0 Å². The van der Waals surface area contributed by atoms with Crippen LogP contribution in [0.3, 0.4) is 0 Å². The van der Waals surface area contributed by atoms with Gasteiger partial charge in [-0.2, -0.15) is 0 Å². The van der Waals surface area contributed by atoms with Gasteiger partial charge in [-0.3, -0.25) is 9.69 Å². The molecular formula is C9H18N2O2. The highest BCUT2D eigenvalue weighted by atomic mass is 16.3. The predicted molar refractivity (Wildman–Crippen MR) is 50.4 cm³/mol. The summed E-state index contributed by atoms with van der Waals surface area (Å²) in [6.45, 7) is 2.48. The number of rotatable bonds is 4. The molecule has 1 saturated heterocycles. The van der Waals surface area contributed by atoms with Gasteiger partial charge in [-0.1, -0.05) is 0 Å². The largest absolute Gasteiger partial charge is 0.390 e. The molecule has 0 aromatic rings. The van der Waals surface area contributed by atoms with E-state index in [0.717, 1.165) is 26.1 Å². The normalized spacial score (nSPS) is 18.4. The SMILES string of the molecule is CN(C)C(=O)CCCN1CC(O)C1. The Morgan fingerprint density at radius 1 is 1.54 bits per heavy atom. The van der Waals surface area contributed by atoms with E-state index in [1.807, 2.05) is 0 Å². The average Bonchev–Trinajstić information content (AvgIpc) is 2.00. The van der Waals surface area contributed by atoms with E-state index in [9.17, 15) is 4.79 Å². The Hall–Kier alpha value is -0.610. The van der Waals surface area contributed by atoms with Crippen LogP contribution in [0, 0.1) is 0 Å². The fourth-order valence-electron chi connectivity index (χ4n) is 1.40. The summed E-state index contributed by atoms with van der Waals surface area (Å²) in [5.41, 5.74) is 0. The summed E-state index contributed by atoms with van der Waals surface area (Å²) in [5, 5.41) is 9.00. The van der Waals surface area contributed by atoms with Crippen LogP contribution in [-0.2, 0) is 4.79 Å². The maximum atomic E-state index is 11.2. The fourth-order valence-corrected chi connectivity index (χ4v) is 1.40. The highest BCUT2D eigenvalue weighted by Gasteiger charge is 2.23. The number of likely N-dealkylation sites (tertiary alicyclic amines) is 1. The minimum absolute atomic E-state index is 0.135. The van der Waals surface area contributed by atoms with Crippen molar-refractivity contribution < 1.29 is 9.90 Å². The number of aliphatic hydroxyl groups excluding tert-OH is 1. The van der Waals surface area contributed by atoms with Gasteiger partial charge in [-0.05, 0) is 13.0 Å². The number of carbonyl (C=O) groups excluding carboxylic acids is 1. The van der Waals surface area contributed by atoms with Crippen molar-refractivity contribution in [1.29, 1.82) is 0 Å². The summed E-state index contributed by atoms with van der Waals surface area (Å²) in [5.74, 6) is 0.182.